The summed E-state index contributed by atoms with van der Waals surface area (Å²) < 4.78 is 0. The molecule has 3 nitrogen and oxygen atoms in total. The zero-order valence-corrected chi connectivity index (χ0v) is 7.31. The minimum atomic E-state index is 0. The summed E-state index contributed by atoms with van der Waals surface area (Å²) in [5, 5.41) is 20.7. The Labute approximate surface area is 73.2 Å². The van der Waals surface area contributed by atoms with Crippen LogP contribution in [0.3, 0.4) is 0 Å². The van der Waals surface area contributed by atoms with Crippen LogP contribution in [0.15, 0.2) is 0 Å². The van der Waals surface area contributed by atoms with Gasteiger partial charge >= 0.3 is 0 Å². The van der Waals surface area contributed by atoms with Gasteiger partial charge in [0.15, 0.2) is 0 Å². The van der Waals surface area contributed by atoms with Crippen LogP contribution in [-0.4, -0.2) is 36.5 Å². The molecular weight excluding hydrogens is 166 g/mol. The van der Waals surface area contributed by atoms with E-state index in [9.17, 15) is 0 Å². The van der Waals surface area contributed by atoms with E-state index in [0.717, 1.165) is 19.5 Å². The van der Waals surface area contributed by atoms with E-state index in [1.807, 2.05) is 0 Å². The normalized spacial score (nSPS) is 31.1. The molecule has 11 heavy (non-hydrogen) atoms. The number of aliphatic hydroxyl groups excluding tert-OH is 2. The Morgan fingerprint density at radius 1 is 1.09 bits per heavy atom. The lowest BCUT2D eigenvalue weighted by Crippen LogP contribution is -2.39. The lowest BCUT2D eigenvalue weighted by Gasteiger charge is -2.27. The highest BCUT2D eigenvalue weighted by Gasteiger charge is 2.19. The fraction of sp³-hybridized carbons (Fsp3) is 1.00. The molecule has 0 aliphatic carbocycles. The number of piperidine rings is 1. The molecule has 1 rings (SSSR count). The Morgan fingerprint density at radius 3 is 1.91 bits per heavy atom. The summed E-state index contributed by atoms with van der Waals surface area (Å²) >= 11 is 0. The topological polar surface area (TPSA) is 52.5 Å². The summed E-state index contributed by atoms with van der Waals surface area (Å²) in [5.41, 5.74) is 0. The summed E-state index contributed by atoms with van der Waals surface area (Å²) in [6, 6.07) is 0. The standard InChI is InChI=1S/C7H15NO2.ClH/c9-4-6-1-7(5-10)3-8-2-6;/h6-10H,1-5H2;1H/t6-,7-;/m0./s1. The molecule has 4 heteroatoms. The lowest BCUT2D eigenvalue weighted by molar-refractivity contribution is 0.132. The maximum absolute atomic E-state index is 8.78. The van der Waals surface area contributed by atoms with Gasteiger partial charge in [0.05, 0.1) is 0 Å². The van der Waals surface area contributed by atoms with E-state index in [1.165, 1.54) is 0 Å². The Balaban J connectivity index is 0.000001000. The highest BCUT2D eigenvalue weighted by Crippen LogP contribution is 2.14. The molecule has 68 valence electrons. The Bertz CT molecular complexity index is 92.4. The lowest BCUT2D eigenvalue weighted by atomic mass is 9.92. The Hall–Kier alpha value is 0.170. The first-order valence-corrected chi connectivity index (χ1v) is 3.79. The number of nitrogens with one attached hydrogen (secondary N) is 1. The molecule has 2 atom stereocenters. The average Bonchev–Trinajstić information content (AvgIpc) is 2.05. The molecule has 0 saturated carbocycles. The number of aliphatic hydroxyl groups is 2. The van der Waals surface area contributed by atoms with E-state index >= 15 is 0 Å². The number of rotatable bonds is 2. The largest absolute Gasteiger partial charge is 0.396 e. The van der Waals surface area contributed by atoms with Crippen LogP contribution in [-0.2, 0) is 0 Å². The third-order valence-electron chi connectivity index (χ3n) is 2.05. The summed E-state index contributed by atoms with van der Waals surface area (Å²) in [6.07, 6.45) is 0.958. The van der Waals surface area contributed by atoms with E-state index in [4.69, 9.17) is 10.2 Å². The van der Waals surface area contributed by atoms with Gasteiger partial charge in [-0.2, -0.15) is 0 Å². The second-order valence-corrected chi connectivity index (χ2v) is 2.99. The maximum atomic E-state index is 8.78. The van der Waals surface area contributed by atoms with Crippen LogP contribution in [0.25, 0.3) is 0 Å². The molecule has 0 spiro atoms. The number of hydrogen-bond donors (Lipinski definition) is 3. The van der Waals surface area contributed by atoms with E-state index in [2.05, 4.69) is 5.32 Å². The fourth-order valence-electron chi connectivity index (χ4n) is 1.41. The quantitative estimate of drug-likeness (QED) is 0.545. The first-order valence-electron chi connectivity index (χ1n) is 3.79. The molecule has 1 heterocycles. The Morgan fingerprint density at radius 2 is 1.55 bits per heavy atom. The van der Waals surface area contributed by atoms with Crippen molar-refractivity contribution >= 4 is 12.4 Å². The summed E-state index contributed by atoms with van der Waals surface area (Å²) in [7, 11) is 0. The SMILES string of the molecule is Cl.OC[C@@H]1CNC[C@@H](CO)C1. The molecule has 0 unspecified atom stereocenters. The van der Waals surface area contributed by atoms with Crippen molar-refractivity contribution in [3.63, 3.8) is 0 Å². The predicted octanol–water partition coefficient (Wildman–Crippen LogP) is -0.382. The fourth-order valence-corrected chi connectivity index (χ4v) is 1.41. The van der Waals surface area contributed by atoms with E-state index in [-0.39, 0.29) is 25.6 Å². The van der Waals surface area contributed by atoms with E-state index < -0.39 is 0 Å². The smallest absolute Gasteiger partial charge is 0.0471 e. The van der Waals surface area contributed by atoms with Crippen LogP contribution in [0.5, 0.6) is 0 Å². The zero-order chi connectivity index (χ0) is 7.40. The molecule has 0 bridgehead atoms. The van der Waals surface area contributed by atoms with Crippen LogP contribution in [0, 0.1) is 11.8 Å². The van der Waals surface area contributed by atoms with Crippen LogP contribution in [0.4, 0.5) is 0 Å². The predicted molar refractivity (Wildman–Crippen MR) is 45.9 cm³/mol. The molecular formula is C7H16ClNO2. The van der Waals surface area contributed by atoms with Crippen molar-refractivity contribution < 1.29 is 10.2 Å². The monoisotopic (exact) mass is 181 g/mol. The van der Waals surface area contributed by atoms with E-state index in [1.54, 1.807) is 0 Å². The molecule has 1 aliphatic heterocycles. The van der Waals surface area contributed by atoms with Crippen molar-refractivity contribution in [2.24, 2.45) is 11.8 Å². The van der Waals surface area contributed by atoms with Crippen LogP contribution < -0.4 is 5.32 Å². The highest BCUT2D eigenvalue weighted by molar-refractivity contribution is 5.85. The molecule has 0 radical (unpaired) electrons. The van der Waals surface area contributed by atoms with Crippen molar-refractivity contribution in [3.8, 4) is 0 Å². The number of hydrogen-bond acceptors (Lipinski definition) is 3. The van der Waals surface area contributed by atoms with Crippen LogP contribution in [0.1, 0.15) is 6.42 Å². The van der Waals surface area contributed by atoms with Gasteiger partial charge in [0.1, 0.15) is 0 Å². The minimum Gasteiger partial charge on any atom is -0.396 e. The molecule has 0 aromatic carbocycles. The highest BCUT2D eigenvalue weighted by atomic mass is 35.5. The van der Waals surface area contributed by atoms with Gasteiger partial charge in [0.25, 0.3) is 0 Å². The summed E-state index contributed by atoms with van der Waals surface area (Å²) in [5.74, 6) is 0.705. The Kier molecular flexibility index (Phi) is 5.86. The van der Waals surface area contributed by atoms with Gasteiger partial charge in [-0.1, -0.05) is 0 Å². The van der Waals surface area contributed by atoms with Gasteiger partial charge in [0.2, 0.25) is 0 Å². The maximum Gasteiger partial charge on any atom is 0.0471 e. The molecule has 0 amide bonds. The molecule has 0 aromatic rings. The third kappa shape index (κ3) is 3.38. The minimum absolute atomic E-state index is 0. The van der Waals surface area contributed by atoms with Crippen molar-refractivity contribution in [3.05, 3.63) is 0 Å². The van der Waals surface area contributed by atoms with Gasteiger partial charge in [-0.3, -0.25) is 0 Å². The first-order chi connectivity index (χ1) is 4.86. The molecule has 1 saturated heterocycles. The average molecular weight is 182 g/mol. The van der Waals surface area contributed by atoms with Gasteiger partial charge < -0.3 is 15.5 Å². The third-order valence-corrected chi connectivity index (χ3v) is 2.05. The second-order valence-electron chi connectivity index (χ2n) is 2.99. The molecule has 1 aliphatic rings. The van der Waals surface area contributed by atoms with Crippen LogP contribution in [0.2, 0.25) is 0 Å². The summed E-state index contributed by atoms with van der Waals surface area (Å²) in [6.45, 7) is 2.27. The molecule has 1 fully saturated rings. The van der Waals surface area contributed by atoms with Gasteiger partial charge in [-0.25, -0.2) is 0 Å². The second kappa shape index (κ2) is 5.77. The van der Waals surface area contributed by atoms with E-state index in [0.29, 0.717) is 11.8 Å². The van der Waals surface area contributed by atoms with Crippen molar-refractivity contribution in [2.75, 3.05) is 26.3 Å². The number of halogens is 1. The van der Waals surface area contributed by atoms with Gasteiger partial charge in [-0.05, 0) is 18.3 Å². The van der Waals surface area contributed by atoms with Crippen molar-refractivity contribution in [2.45, 2.75) is 6.42 Å². The molecule has 3 N–H and O–H groups in total. The summed E-state index contributed by atoms with van der Waals surface area (Å²) in [4.78, 5) is 0. The molecule has 0 aromatic heterocycles. The zero-order valence-electron chi connectivity index (χ0n) is 6.49. The van der Waals surface area contributed by atoms with Crippen molar-refractivity contribution in [1.29, 1.82) is 0 Å². The van der Waals surface area contributed by atoms with Crippen LogP contribution >= 0.6 is 12.4 Å². The van der Waals surface area contributed by atoms with Gasteiger partial charge in [0, 0.05) is 26.3 Å². The van der Waals surface area contributed by atoms with Crippen molar-refractivity contribution in [1.82, 2.24) is 5.32 Å². The van der Waals surface area contributed by atoms with Gasteiger partial charge in [-0.15, -0.1) is 12.4 Å². The first kappa shape index (κ1) is 11.2.